The highest BCUT2D eigenvalue weighted by Crippen LogP contribution is 2.19. The first kappa shape index (κ1) is 10.9. The Labute approximate surface area is 83.9 Å². The van der Waals surface area contributed by atoms with Crippen LogP contribution in [0.1, 0.15) is 25.6 Å². The second-order valence-electron chi connectivity index (χ2n) is 3.78. The summed E-state index contributed by atoms with van der Waals surface area (Å²) in [5, 5.41) is 9.84. The largest absolute Gasteiger partial charge is 0.399 e. The lowest BCUT2D eigenvalue weighted by molar-refractivity contribution is 0.121. The summed E-state index contributed by atoms with van der Waals surface area (Å²) in [6.45, 7) is 3.92. The maximum Gasteiger partial charge on any atom is 0.111 e. The topological polar surface area (TPSA) is 85.2 Å². The standard InChI is InChI=1S/C10H17N3O/c1-6(2)9(12)10(14)8-5-7(11)3-4-13-8/h3-6,9-10,14H,12H2,1-2H3,(H2,11,13)/t9-,10+/m1/s1. The summed E-state index contributed by atoms with van der Waals surface area (Å²) >= 11 is 0. The zero-order valence-electron chi connectivity index (χ0n) is 8.51. The number of hydrogen-bond acceptors (Lipinski definition) is 4. The minimum Gasteiger partial charge on any atom is -0.399 e. The van der Waals surface area contributed by atoms with E-state index in [0.29, 0.717) is 11.4 Å². The molecule has 0 amide bonds. The Morgan fingerprint density at radius 1 is 1.43 bits per heavy atom. The normalized spacial score (nSPS) is 15.5. The van der Waals surface area contributed by atoms with E-state index in [2.05, 4.69) is 4.98 Å². The minimum atomic E-state index is -0.751. The molecule has 0 spiro atoms. The minimum absolute atomic E-state index is 0.202. The molecular formula is C10H17N3O. The smallest absolute Gasteiger partial charge is 0.111 e. The molecule has 5 N–H and O–H groups in total. The van der Waals surface area contributed by atoms with E-state index >= 15 is 0 Å². The quantitative estimate of drug-likeness (QED) is 0.662. The highest BCUT2D eigenvalue weighted by Gasteiger charge is 2.20. The average Bonchev–Trinajstić information content (AvgIpc) is 2.15. The monoisotopic (exact) mass is 195 g/mol. The molecule has 0 unspecified atom stereocenters. The van der Waals surface area contributed by atoms with Crippen LogP contribution in [0, 0.1) is 5.92 Å². The van der Waals surface area contributed by atoms with Crippen molar-refractivity contribution in [1.82, 2.24) is 4.98 Å². The molecule has 1 aromatic rings. The van der Waals surface area contributed by atoms with Crippen LogP contribution in [-0.2, 0) is 0 Å². The molecular weight excluding hydrogens is 178 g/mol. The summed E-state index contributed by atoms with van der Waals surface area (Å²) in [6, 6.07) is 3.01. The molecule has 0 saturated heterocycles. The maximum atomic E-state index is 9.84. The summed E-state index contributed by atoms with van der Waals surface area (Å²) in [4.78, 5) is 4.03. The molecule has 0 aliphatic heterocycles. The number of anilines is 1. The van der Waals surface area contributed by atoms with Gasteiger partial charge >= 0.3 is 0 Å². The summed E-state index contributed by atoms with van der Waals surface area (Å²) in [6.07, 6.45) is 0.819. The van der Waals surface area contributed by atoms with Gasteiger partial charge in [0.15, 0.2) is 0 Å². The van der Waals surface area contributed by atoms with Crippen LogP contribution in [0.5, 0.6) is 0 Å². The number of aliphatic hydroxyl groups excluding tert-OH is 1. The molecule has 0 saturated carbocycles. The van der Waals surface area contributed by atoms with E-state index in [-0.39, 0.29) is 12.0 Å². The first-order valence-electron chi connectivity index (χ1n) is 4.67. The lowest BCUT2D eigenvalue weighted by Crippen LogP contribution is -2.33. The first-order chi connectivity index (χ1) is 6.52. The van der Waals surface area contributed by atoms with Crippen LogP contribution in [0.2, 0.25) is 0 Å². The van der Waals surface area contributed by atoms with E-state index in [0.717, 1.165) is 0 Å². The molecule has 2 atom stereocenters. The fraction of sp³-hybridized carbons (Fsp3) is 0.500. The Morgan fingerprint density at radius 3 is 2.57 bits per heavy atom. The molecule has 0 aromatic carbocycles. The molecule has 1 heterocycles. The van der Waals surface area contributed by atoms with Gasteiger partial charge in [-0.2, -0.15) is 0 Å². The van der Waals surface area contributed by atoms with E-state index in [4.69, 9.17) is 11.5 Å². The van der Waals surface area contributed by atoms with Crippen LogP contribution < -0.4 is 11.5 Å². The maximum absolute atomic E-state index is 9.84. The molecule has 0 radical (unpaired) electrons. The predicted molar refractivity (Wildman–Crippen MR) is 56.4 cm³/mol. The molecule has 0 bridgehead atoms. The molecule has 1 aromatic heterocycles. The van der Waals surface area contributed by atoms with Crippen LogP contribution >= 0.6 is 0 Å². The van der Waals surface area contributed by atoms with Gasteiger partial charge in [-0.05, 0) is 18.1 Å². The van der Waals surface area contributed by atoms with E-state index in [9.17, 15) is 5.11 Å². The summed E-state index contributed by atoms with van der Waals surface area (Å²) in [5.74, 6) is 0.202. The highest BCUT2D eigenvalue weighted by molar-refractivity contribution is 5.38. The van der Waals surface area contributed by atoms with Gasteiger partial charge in [0.25, 0.3) is 0 Å². The number of aromatic nitrogens is 1. The zero-order valence-corrected chi connectivity index (χ0v) is 8.51. The third-order valence-corrected chi connectivity index (χ3v) is 2.24. The second kappa shape index (κ2) is 4.39. The van der Waals surface area contributed by atoms with Crippen molar-refractivity contribution in [2.75, 3.05) is 5.73 Å². The molecule has 4 nitrogen and oxygen atoms in total. The molecule has 1 rings (SSSR count). The SMILES string of the molecule is CC(C)[C@@H](N)[C@@H](O)c1cc(N)ccn1. The van der Waals surface area contributed by atoms with E-state index in [1.54, 1.807) is 18.3 Å². The summed E-state index contributed by atoms with van der Waals surface area (Å²) in [5.41, 5.74) is 12.5. The summed E-state index contributed by atoms with van der Waals surface area (Å²) < 4.78 is 0. The fourth-order valence-electron chi connectivity index (χ4n) is 1.19. The van der Waals surface area contributed by atoms with E-state index < -0.39 is 6.10 Å². The van der Waals surface area contributed by atoms with Gasteiger partial charge in [-0.1, -0.05) is 13.8 Å². The number of hydrogen-bond donors (Lipinski definition) is 3. The Morgan fingerprint density at radius 2 is 2.07 bits per heavy atom. The third-order valence-electron chi connectivity index (χ3n) is 2.24. The number of pyridine rings is 1. The Balaban J connectivity index is 2.83. The van der Waals surface area contributed by atoms with Gasteiger partial charge in [0, 0.05) is 17.9 Å². The van der Waals surface area contributed by atoms with Crippen molar-refractivity contribution >= 4 is 5.69 Å². The molecule has 0 fully saturated rings. The van der Waals surface area contributed by atoms with Crippen molar-refractivity contribution in [2.24, 2.45) is 11.7 Å². The van der Waals surface area contributed by atoms with Crippen LogP contribution in [0.3, 0.4) is 0 Å². The second-order valence-corrected chi connectivity index (χ2v) is 3.78. The molecule has 0 aliphatic rings. The molecule has 4 heteroatoms. The van der Waals surface area contributed by atoms with Crippen LogP contribution in [0.4, 0.5) is 5.69 Å². The van der Waals surface area contributed by atoms with Gasteiger partial charge in [0.2, 0.25) is 0 Å². The van der Waals surface area contributed by atoms with Gasteiger partial charge in [0.1, 0.15) is 6.10 Å². The predicted octanol–water partition coefficient (Wildman–Crippen LogP) is 0.680. The van der Waals surface area contributed by atoms with Crippen LogP contribution in [-0.4, -0.2) is 16.1 Å². The Kier molecular flexibility index (Phi) is 3.43. The Bertz CT molecular complexity index is 301. The lowest BCUT2D eigenvalue weighted by atomic mass is 9.97. The number of aliphatic hydroxyl groups is 1. The summed E-state index contributed by atoms with van der Waals surface area (Å²) in [7, 11) is 0. The zero-order chi connectivity index (χ0) is 10.7. The number of nitrogens with two attached hydrogens (primary N) is 2. The van der Waals surface area contributed by atoms with Gasteiger partial charge in [0.05, 0.1) is 5.69 Å². The van der Waals surface area contributed by atoms with Gasteiger partial charge in [-0.3, -0.25) is 4.98 Å². The fourth-order valence-corrected chi connectivity index (χ4v) is 1.19. The van der Waals surface area contributed by atoms with Crippen molar-refractivity contribution in [3.8, 4) is 0 Å². The van der Waals surface area contributed by atoms with Crippen molar-refractivity contribution in [3.05, 3.63) is 24.0 Å². The van der Waals surface area contributed by atoms with Gasteiger partial charge < -0.3 is 16.6 Å². The van der Waals surface area contributed by atoms with Gasteiger partial charge in [-0.15, -0.1) is 0 Å². The van der Waals surface area contributed by atoms with Crippen LogP contribution in [0.25, 0.3) is 0 Å². The van der Waals surface area contributed by atoms with Crippen molar-refractivity contribution < 1.29 is 5.11 Å². The van der Waals surface area contributed by atoms with Crippen molar-refractivity contribution in [3.63, 3.8) is 0 Å². The van der Waals surface area contributed by atoms with E-state index in [1.807, 2.05) is 13.8 Å². The number of nitrogens with zero attached hydrogens (tertiary/aromatic N) is 1. The van der Waals surface area contributed by atoms with Crippen molar-refractivity contribution in [1.29, 1.82) is 0 Å². The van der Waals surface area contributed by atoms with Gasteiger partial charge in [-0.25, -0.2) is 0 Å². The average molecular weight is 195 g/mol. The highest BCUT2D eigenvalue weighted by atomic mass is 16.3. The third kappa shape index (κ3) is 2.43. The molecule has 78 valence electrons. The lowest BCUT2D eigenvalue weighted by Gasteiger charge is -2.21. The van der Waals surface area contributed by atoms with Crippen molar-refractivity contribution in [2.45, 2.75) is 26.0 Å². The van der Waals surface area contributed by atoms with Crippen LogP contribution in [0.15, 0.2) is 18.3 Å². The molecule has 14 heavy (non-hydrogen) atoms. The Hall–Kier alpha value is -1.13. The van der Waals surface area contributed by atoms with E-state index in [1.165, 1.54) is 0 Å². The first-order valence-corrected chi connectivity index (χ1v) is 4.67. The molecule has 0 aliphatic carbocycles. The number of rotatable bonds is 3. The number of nitrogen functional groups attached to an aromatic ring is 1.